The Morgan fingerprint density at radius 2 is 1.94 bits per heavy atom. The van der Waals surface area contributed by atoms with E-state index in [1.165, 1.54) is 17.3 Å². The summed E-state index contributed by atoms with van der Waals surface area (Å²) in [7, 11) is 1.58. The molecule has 8 heteroatoms. The van der Waals surface area contributed by atoms with E-state index in [0.717, 1.165) is 27.6 Å². The lowest BCUT2D eigenvalue weighted by Gasteiger charge is -2.11. The first-order chi connectivity index (χ1) is 16.0. The molecule has 166 valence electrons. The minimum Gasteiger partial charge on any atom is -0.495 e. The van der Waals surface area contributed by atoms with Crippen LogP contribution < -0.4 is 10.1 Å². The summed E-state index contributed by atoms with van der Waals surface area (Å²) in [4.78, 5) is 12.8. The van der Waals surface area contributed by atoms with Crippen LogP contribution in [0.3, 0.4) is 0 Å². The molecule has 5 rings (SSSR count). The second-order valence-electron chi connectivity index (χ2n) is 7.76. The molecular weight excluding hydrogens is 436 g/mol. The van der Waals surface area contributed by atoms with Crippen molar-refractivity contribution < 1.29 is 13.9 Å². The van der Waals surface area contributed by atoms with Gasteiger partial charge in [0.1, 0.15) is 23.2 Å². The van der Waals surface area contributed by atoms with Gasteiger partial charge in [0.15, 0.2) is 5.16 Å². The molecule has 0 bridgehead atoms. The average molecular weight is 459 g/mol. The highest BCUT2D eigenvalue weighted by molar-refractivity contribution is 7.99. The molecule has 0 unspecified atom stereocenters. The molecule has 0 fully saturated rings. The van der Waals surface area contributed by atoms with Crippen molar-refractivity contribution in [3.05, 3.63) is 72.1 Å². The normalized spacial score (nSPS) is 11.2. The number of amides is 1. The molecule has 1 amide bonds. The number of benzene rings is 3. The van der Waals surface area contributed by atoms with E-state index in [-0.39, 0.29) is 11.7 Å². The number of anilines is 1. The van der Waals surface area contributed by atoms with Crippen molar-refractivity contribution in [2.45, 2.75) is 19.0 Å². The van der Waals surface area contributed by atoms with Gasteiger partial charge in [-0.1, -0.05) is 47.7 Å². The van der Waals surface area contributed by atoms with Crippen molar-refractivity contribution in [3.63, 3.8) is 0 Å². The molecule has 0 aliphatic heterocycles. The minimum atomic E-state index is -0.177. The molecule has 3 aromatic carbocycles. The van der Waals surface area contributed by atoms with Crippen LogP contribution in [0.4, 0.5) is 5.69 Å². The smallest absolute Gasteiger partial charge is 0.234 e. The van der Waals surface area contributed by atoms with E-state index in [1.54, 1.807) is 19.5 Å². The maximum atomic E-state index is 12.8. The van der Waals surface area contributed by atoms with E-state index >= 15 is 0 Å². The number of rotatable bonds is 6. The Morgan fingerprint density at radius 3 is 2.76 bits per heavy atom. The number of fused-ring (bicyclic) bond motifs is 3. The fourth-order valence-corrected chi connectivity index (χ4v) is 4.62. The topological polar surface area (TPSA) is 82.2 Å². The van der Waals surface area contributed by atoms with Crippen molar-refractivity contribution in [1.82, 2.24) is 14.8 Å². The Bertz CT molecular complexity index is 1490. The van der Waals surface area contributed by atoms with Gasteiger partial charge >= 0.3 is 0 Å². The van der Waals surface area contributed by atoms with Crippen LogP contribution in [-0.4, -0.2) is 33.5 Å². The van der Waals surface area contributed by atoms with Gasteiger partial charge in [0.2, 0.25) is 5.91 Å². The van der Waals surface area contributed by atoms with Crippen LogP contribution in [0, 0.1) is 13.8 Å². The molecule has 2 heterocycles. The van der Waals surface area contributed by atoms with Crippen molar-refractivity contribution in [3.8, 4) is 11.4 Å². The number of carbonyl (C=O) groups is 1. The summed E-state index contributed by atoms with van der Waals surface area (Å²) in [6, 6.07) is 17.7. The third-order valence-corrected chi connectivity index (χ3v) is 6.38. The van der Waals surface area contributed by atoms with Gasteiger partial charge in [0, 0.05) is 16.8 Å². The molecule has 5 aromatic rings. The van der Waals surface area contributed by atoms with Gasteiger partial charge in [-0.2, -0.15) is 0 Å². The van der Waals surface area contributed by atoms with Crippen LogP contribution in [0.5, 0.6) is 5.75 Å². The molecule has 0 spiro atoms. The number of aryl methyl sites for hydroxylation is 2. The van der Waals surface area contributed by atoms with E-state index in [9.17, 15) is 4.79 Å². The van der Waals surface area contributed by atoms with Crippen LogP contribution in [0.2, 0.25) is 0 Å². The number of hydrogen-bond donors (Lipinski definition) is 1. The molecular formula is C25H22N4O3S. The van der Waals surface area contributed by atoms with Crippen molar-refractivity contribution >= 4 is 45.3 Å². The van der Waals surface area contributed by atoms with E-state index in [4.69, 9.17) is 9.15 Å². The maximum Gasteiger partial charge on any atom is 0.234 e. The van der Waals surface area contributed by atoms with Crippen LogP contribution in [0.15, 0.2) is 70.5 Å². The number of hydrogen-bond acceptors (Lipinski definition) is 6. The number of para-hydroxylation sites is 1. The second kappa shape index (κ2) is 8.63. The molecule has 0 aliphatic rings. The Labute approximate surface area is 194 Å². The number of thioether (sulfide) groups is 1. The second-order valence-corrected chi connectivity index (χ2v) is 8.70. The third kappa shape index (κ3) is 4.05. The highest BCUT2D eigenvalue weighted by atomic mass is 32.2. The van der Waals surface area contributed by atoms with E-state index < -0.39 is 0 Å². The van der Waals surface area contributed by atoms with Crippen molar-refractivity contribution in [2.75, 3.05) is 18.2 Å². The fourth-order valence-electron chi connectivity index (χ4n) is 3.90. The molecule has 2 aromatic heterocycles. The molecule has 0 atom stereocenters. The highest BCUT2D eigenvalue weighted by Gasteiger charge is 2.16. The van der Waals surface area contributed by atoms with Crippen LogP contribution in [-0.2, 0) is 4.79 Å². The molecule has 0 radical (unpaired) electrons. The number of methoxy groups -OCH3 is 1. The summed E-state index contributed by atoms with van der Waals surface area (Å²) in [5.41, 5.74) is 5.34. The predicted molar refractivity (Wildman–Crippen MR) is 130 cm³/mol. The Hall–Kier alpha value is -3.78. The van der Waals surface area contributed by atoms with Gasteiger partial charge in [0.25, 0.3) is 0 Å². The Balaban J connectivity index is 1.35. The lowest BCUT2D eigenvalue weighted by Crippen LogP contribution is -2.15. The summed E-state index contributed by atoms with van der Waals surface area (Å²) < 4.78 is 13.4. The quantitative estimate of drug-likeness (QED) is 0.337. The van der Waals surface area contributed by atoms with Crippen molar-refractivity contribution in [1.29, 1.82) is 0 Å². The van der Waals surface area contributed by atoms with Gasteiger partial charge in [-0.15, -0.1) is 10.2 Å². The minimum absolute atomic E-state index is 0.172. The number of carbonyl (C=O) groups excluding carboxylic acids is 1. The largest absolute Gasteiger partial charge is 0.495 e. The predicted octanol–water partition coefficient (Wildman–Crippen LogP) is 5.52. The zero-order valence-electron chi connectivity index (χ0n) is 18.5. The highest BCUT2D eigenvalue weighted by Crippen LogP contribution is 2.36. The van der Waals surface area contributed by atoms with E-state index in [1.807, 2.05) is 54.0 Å². The summed E-state index contributed by atoms with van der Waals surface area (Å²) >= 11 is 1.32. The van der Waals surface area contributed by atoms with Gasteiger partial charge < -0.3 is 14.5 Å². The first-order valence-electron chi connectivity index (χ1n) is 10.4. The summed E-state index contributed by atoms with van der Waals surface area (Å²) in [5.74, 6) is 0.570. The summed E-state index contributed by atoms with van der Waals surface area (Å²) in [6.07, 6.45) is 1.66. The number of nitrogens with zero attached hydrogens (tertiary/aromatic N) is 3. The summed E-state index contributed by atoms with van der Waals surface area (Å²) in [5, 5.41) is 13.8. The van der Waals surface area contributed by atoms with Gasteiger partial charge in [0.05, 0.1) is 24.2 Å². The maximum absolute atomic E-state index is 12.8. The monoisotopic (exact) mass is 458 g/mol. The van der Waals surface area contributed by atoms with Crippen LogP contribution >= 0.6 is 11.8 Å². The van der Waals surface area contributed by atoms with Crippen molar-refractivity contribution in [2.24, 2.45) is 0 Å². The molecule has 0 saturated heterocycles. The number of ether oxygens (including phenoxy) is 1. The van der Waals surface area contributed by atoms with E-state index in [2.05, 4.69) is 28.5 Å². The third-order valence-electron chi connectivity index (χ3n) is 5.43. The zero-order chi connectivity index (χ0) is 22.9. The van der Waals surface area contributed by atoms with E-state index in [0.29, 0.717) is 22.2 Å². The first kappa shape index (κ1) is 21.1. The SMILES string of the molecule is COc1cc2c(cc1NC(=O)CSc1nncn1-c1ccc(C)cc1C)oc1ccccc12. The number of nitrogens with one attached hydrogen (secondary N) is 1. The molecule has 7 nitrogen and oxygen atoms in total. The van der Waals surface area contributed by atoms with Gasteiger partial charge in [-0.25, -0.2) is 0 Å². The van der Waals surface area contributed by atoms with Gasteiger partial charge in [-0.05, 0) is 37.6 Å². The van der Waals surface area contributed by atoms with Gasteiger partial charge in [-0.3, -0.25) is 9.36 Å². The molecule has 0 saturated carbocycles. The fraction of sp³-hybridized carbons (Fsp3) is 0.160. The number of aromatic nitrogens is 3. The summed E-state index contributed by atoms with van der Waals surface area (Å²) in [6.45, 7) is 4.10. The molecule has 1 N–H and O–H groups in total. The average Bonchev–Trinajstić information content (AvgIpc) is 3.41. The number of furan rings is 1. The molecule has 0 aliphatic carbocycles. The Kier molecular flexibility index (Phi) is 5.51. The van der Waals surface area contributed by atoms with Crippen LogP contribution in [0.25, 0.3) is 27.6 Å². The Morgan fingerprint density at radius 1 is 1.09 bits per heavy atom. The standard InChI is InChI=1S/C25H22N4O3S/c1-15-8-9-20(16(2)10-15)29-14-26-28-25(29)33-13-24(30)27-19-12-22-18(11-23(19)31-3)17-6-4-5-7-21(17)32-22/h4-12,14H,13H2,1-3H3,(H,27,30). The zero-order valence-corrected chi connectivity index (χ0v) is 19.3. The first-order valence-corrected chi connectivity index (χ1v) is 11.4. The lowest BCUT2D eigenvalue weighted by molar-refractivity contribution is -0.113. The lowest BCUT2D eigenvalue weighted by atomic mass is 10.1. The molecule has 33 heavy (non-hydrogen) atoms. The van der Waals surface area contributed by atoms with Crippen LogP contribution in [0.1, 0.15) is 11.1 Å².